The van der Waals surface area contributed by atoms with Crippen molar-refractivity contribution in [3.05, 3.63) is 29.8 Å². The van der Waals surface area contributed by atoms with Crippen LogP contribution in [0, 0.1) is 17.6 Å². The second-order valence-corrected chi connectivity index (χ2v) is 4.82. The molecule has 0 saturated carbocycles. The Morgan fingerprint density at radius 2 is 2.20 bits per heavy atom. The maximum Gasteiger partial charge on any atom is 0.231 e. The topological polar surface area (TPSA) is 50.4 Å². The summed E-state index contributed by atoms with van der Waals surface area (Å²) in [6.45, 7) is 3.59. The summed E-state index contributed by atoms with van der Waals surface area (Å²) in [5.41, 5.74) is -0.0162. The summed E-state index contributed by atoms with van der Waals surface area (Å²) >= 11 is 0. The van der Waals surface area contributed by atoms with Crippen molar-refractivity contribution in [1.82, 2.24) is 5.32 Å². The Kier molecular flexibility index (Phi) is 5.03. The van der Waals surface area contributed by atoms with E-state index in [2.05, 4.69) is 10.6 Å². The maximum atomic E-state index is 13.5. The zero-order valence-corrected chi connectivity index (χ0v) is 11.3. The number of nitrogens with one attached hydrogen (secondary N) is 2. The third-order valence-electron chi connectivity index (χ3n) is 3.26. The number of ether oxygens (including phenoxy) is 1. The molecule has 1 aliphatic rings. The van der Waals surface area contributed by atoms with Crippen molar-refractivity contribution < 1.29 is 18.3 Å². The van der Waals surface area contributed by atoms with Gasteiger partial charge in [-0.2, -0.15) is 0 Å². The second-order valence-electron chi connectivity index (χ2n) is 4.82. The molecule has 110 valence electrons. The van der Waals surface area contributed by atoms with Crippen molar-refractivity contribution in [3.8, 4) is 0 Å². The summed E-state index contributed by atoms with van der Waals surface area (Å²) < 4.78 is 31.6. The summed E-state index contributed by atoms with van der Waals surface area (Å²) in [7, 11) is 0. The van der Waals surface area contributed by atoms with E-state index in [1.54, 1.807) is 0 Å². The van der Waals surface area contributed by atoms with Gasteiger partial charge in [0.05, 0.1) is 24.8 Å². The molecule has 1 amide bonds. The third kappa shape index (κ3) is 3.52. The van der Waals surface area contributed by atoms with Gasteiger partial charge < -0.3 is 15.4 Å². The van der Waals surface area contributed by atoms with Crippen molar-refractivity contribution in [1.29, 1.82) is 0 Å². The molecule has 1 heterocycles. The number of benzene rings is 1. The number of rotatable bonds is 5. The summed E-state index contributed by atoms with van der Waals surface area (Å²) in [5, 5.41) is 5.72. The van der Waals surface area contributed by atoms with Crippen LogP contribution in [0.1, 0.15) is 13.3 Å². The van der Waals surface area contributed by atoms with E-state index in [1.165, 1.54) is 6.07 Å². The van der Waals surface area contributed by atoms with Gasteiger partial charge in [-0.1, -0.05) is 6.92 Å². The summed E-state index contributed by atoms with van der Waals surface area (Å²) in [4.78, 5) is 12.1. The van der Waals surface area contributed by atoms with Crippen molar-refractivity contribution in [2.45, 2.75) is 19.4 Å². The minimum absolute atomic E-state index is 0.0162. The number of carbonyl (C=O) groups is 1. The van der Waals surface area contributed by atoms with Gasteiger partial charge in [0.2, 0.25) is 5.91 Å². The molecule has 0 aromatic heterocycles. The van der Waals surface area contributed by atoms with Gasteiger partial charge in [0.1, 0.15) is 11.6 Å². The van der Waals surface area contributed by atoms with Gasteiger partial charge in [0.25, 0.3) is 0 Å². The standard InChI is InChI=1S/C14H18F2N2O2/c1-2-5-17-13-8-20-7-10(13)14(19)18-12-4-3-9(15)6-11(12)16/h3-4,6,10,13,17H,2,5,7-8H2,1H3,(H,18,19). The number of anilines is 1. The van der Waals surface area contributed by atoms with Crippen LogP contribution in [0.3, 0.4) is 0 Å². The first-order valence-electron chi connectivity index (χ1n) is 6.69. The fourth-order valence-electron chi connectivity index (χ4n) is 2.16. The lowest BCUT2D eigenvalue weighted by molar-refractivity contribution is -0.120. The van der Waals surface area contributed by atoms with Crippen LogP contribution in [0.5, 0.6) is 0 Å². The maximum absolute atomic E-state index is 13.5. The molecular formula is C14H18F2N2O2. The smallest absolute Gasteiger partial charge is 0.231 e. The van der Waals surface area contributed by atoms with E-state index in [9.17, 15) is 13.6 Å². The zero-order valence-electron chi connectivity index (χ0n) is 11.3. The van der Waals surface area contributed by atoms with E-state index in [0.29, 0.717) is 13.2 Å². The van der Waals surface area contributed by atoms with Crippen molar-refractivity contribution in [2.24, 2.45) is 5.92 Å². The number of hydrogen-bond donors (Lipinski definition) is 2. The Bertz CT molecular complexity index is 482. The number of hydrogen-bond acceptors (Lipinski definition) is 3. The van der Waals surface area contributed by atoms with Gasteiger partial charge in [0.15, 0.2) is 0 Å². The van der Waals surface area contributed by atoms with Crippen LogP contribution in [0.15, 0.2) is 18.2 Å². The van der Waals surface area contributed by atoms with E-state index in [-0.39, 0.29) is 23.6 Å². The quantitative estimate of drug-likeness (QED) is 0.868. The first-order chi connectivity index (χ1) is 9.61. The molecule has 4 nitrogen and oxygen atoms in total. The van der Waals surface area contributed by atoms with E-state index < -0.39 is 11.6 Å². The molecular weight excluding hydrogens is 266 g/mol. The van der Waals surface area contributed by atoms with E-state index in [0.717, 1.165) is 25.1 Å². The Morgan fingerprint density at radius 3 is 2.90 bits per heavy atom. The summed E-state index contributed by atoms with van der Waals surface area (Å²) in [6, 6.07) is 3.00. The molecule has 1 aromatic carbocycles. The number of halogens is 2. The highest BCUT2D eigenvalue weighted by atomic mass is 19.1. The minimum Gasteiger partial charge on any atom is -0.379 e. The molecule has 1 fully saturated rings. The largest absolute Gasteiger partial charge is 0.379 e. The summed E-state index contributed by atoms with van der Waals surface area (Å²) in [5.74, 6) is -2.14. The van der Waals surface area contributed by atoms with Gasteiger partial charge in [-0.15, -0.1) is 0 Å². The third-order valence-corrected chi connectivity index (χ3v) is 3.26. The van der Waals surface area contributed by atoms with Crippen LogP contribution < -0.4 is 10.6 Å². The average molecular weight is 284 g/mol. The van der Waals surface area contributed by atoms with Gasteiger partial charge in [-0.3, -0.25) is 4.79 Å². The lowest BCUT2D eigenvalue weighted by Gasteiger charge is -2.18. The van der Waals surface area contributed by atoms with E-state index in [4.69, 9.17) is 4.74 Å². The Morgan fingerprint density at radius 1 is 1.40 bits per heavy atom. The molecule has 6 heteroatoms. The van der Waals surface area contributed by atoms with E-state index in [1.807, 2.05) is 6.92 Å². The first kappa shape index (κ1) is 14.9. The molecule has 0 spiro atoms. The molecule has 2 unspecified atom stereocenters. The molecule has 2 atom stereocenters. The summed E-state index contributed by atoms with van der Waals surface area (Å²) in [6.07, 6.45) is 0.956. The molecule has 0 aliphatic carbocycles. The molecule has 1 aliphatic heterocycles. The molecule has 0 radical (unpaired) electrons. The molecule has 2 rings (SSSR count). The number of amides is 1. The van der Waals surface area contributed by atoms with Gasteiger partial charge in [-0.25, -0.2) is 8.78 Å². The minimum atomic E-state index is -0.782. The van der Waals surface area contributed by atoms with Crippen LogP contribution in [0.25, 0.3) is 0 Å². The van der Waals surface area contributed by atoms with Crippen LogP contribution in [-0.4, -0.2) is 31.7 Å². The Hall–Kier alpha value is -1.53. The highest BCUT2D eigenvalue weighted by molar-refractivity contribution is 5.93. The van der Waals surface area contributed by atoms with Crippen LogP contribution >= 0.6 is 0 Å². The molecule has 0 bridgehead atoms. The Balaban J connectivity index is 2.00. The fraction of sp³-hybridized carbons (Fsp3) is 0.500. The molecule has 20 heavy (non-hydrogen) atoms. The van der Waals surface area contributed by atoms with Gasteiger partial charge in [-0.05, 0) is 25.1 Å². The van der Waals surface area contributed by atoms with Crippen molar-refractivity contribution in [2.75, 3.05) is 25.1 Å². The number of carbonyl (C=O) groups excluding carboxylic acids is 1. The monoisotopic (exact) mass is 284 g/mol. The van der Waals surface area contributed by atoms with Gasteiger partial charge >= 0.3 is 0 Å². The van der Waals surface area contributed by atoms with Gasteiger partial charge in [0, 0.05) is 12.1 Å². The predicted molar refractivity (Wildman–Crippen MR) is 71.4 cm³/mol. The molecule has 2 N–H and O–H groups in total. The second kappa shape index (κ2) is 6.76. The van der Waals surface area contributed by atoms with Crippen LogP contribution in [0.4, 0.5) is 14.5 Å². The highest BCUT2D eigenvalue weighted by Gasteiger charge is 2.33. The first-order valence-corrected chi connectivity index (χ1v) is 6.69. The normalized spacial score (nSPS) is 21.9. The highest BCUT2D eigenvalue weighted by Crippen LogP contribution is 2.19. The fourth-order valence-corrected chi connectivity index (χ4v) is 2.16. The Labute approximate surface area is 116 Å². The van der Waals surface area contributed by atoms with Crippen LogP contribution in [0.2, 0.25) is 0 Å². The lowest BCUT2D eigenvalue weighted by Crippen LogP contribution is -2.41. The molecule has 1 aromatic rings. The van der Waals surface area contributed by atoms with Crippen molar-refractivity contribution in [3.63, 3.8) is 0 Å². The molecule has 1 saturated heterocycles. The predicted octanol–water partition coefficient (Wildman–Crippen LogP) is 1.92. The zero-order chi connectivity index (χ0) is 14.5. The SMILES string of the molecule is CCCNC1COCC1C(=O)Nc1ccc(F)cc1F. The van der Waals surface area contributed by atoms with Crippen LogP contribution in [-0.2, 0) is 9.53 Å². The average Bonchev–Trinajstić information content (AvgIpc) is 2.88. The van der Waals surface area contributed by atoms with E-state index >= 15 is 0 Å². The van der Waals surface area contributed by atoms with Crippen molar-refractivity contribution >= 4 is 11.6 Å². The lowest BCUT2D eigenvalue weighted by atomic mass is 10.0.